The number of nitrogens with zero attached hydrogens (tertiary/aromatic N) is 2. The standard InChI is InChI=1S/C12H15N3O/c1-9-14-11-5-3-4-6-12(11)15(9)8-7-13-10(2)16/h3-6H,7-8H2,1-2H3,(H,13,16). The van der Waals surface area contributed by atoms with Crippen LogP contribution in [-0.2, 0) is 11.3 Å². The molecule has 4 heteroatoms. The predicted octanol–water partition coefficient (Wildman–Crippen LogP) is 1.48. The Morgan fingerprint density at radius 2 is 2.19 bits per heavy atom. The van der Waals surface area contributed by atoms with E-state index in [1.807, 2.05) is 31.2 Å². The SMILES string of the molecule is CC(=O)NCCn1c(C)nc2ccccc21. The molecule has 4 nitrogen and oxygen atoms in total. The fourth-order valence-electron chi connectivity index (χ4n) is 1.82. The lowest BCUT2D eigenvalue weighted by Crippen LogP contribution is -2.24. The van der Waals surface area contributed by atoms with E-state index >= 15 is 0 Å². The van der Waals surface area contributed by atoms with Gasteiger partial charge >= 0.3 is 0 Å². The number of nitrogens with one attached hydrogen (secondary N) is 1. The highest BCUT2D eigenvalue weighted by Gasteiger charge is 2.05. The van der Waals surface area contributed by atoms with Gasteiger partial charge in [0.2, 0.25) is 5.91 Å². The van der Waals surface area contributed by atoms with Crippen LogP contribution >= 0.6 is 0 Å². The Morgan fingerprint density at radius 1 is 1.44 bits per heavy atom. The third-order valence-electron chi connectivity index (χ3n) is 2.55. The summed E-state index contributed by atoms with van der Waals surface area (Å²) in [5, 5.41) is 2.79. The van der Waals surface area contributed by atoms with Crippen molar-refractivity contribution in [3.05, 3.63) is 30.1 Å². The summed E-state index contributed by atoms with van der Waals surface area (Å²) in [7, 11) is 0. The summed E-state index contributed by atoms with van der Waals surface area (Å²) in [4.78, 5) is 15.2. The molecule has 0 saturated heterocycles. The second-order valence-corrected chi connectivity index (χ2v) is 3.78. The quantitative estimate of drug-likeness (QED) is 0.846. The van der Waals surface area contributed by atoms with Crippen LogP contribution in [0, 0.1) is 6.92 Å². The van der Waals surface area contributed by atoms with Gasteiger partial charge in [0, 0.05) is 20.0 Å². The zero-order valence-electron chi connectivity index (χ0n) is 9.53. The van der Waals surface area contributed by atoms with Crippen LogP contribution in [0.15, 0.2) is 24.3 Å². The zero-order chi connectivity index (χ0) is 11.5. The molecule has 0 bridgehead atoms. The summed E-state index contributed by atoms with van der Waals surface area (Å²) in [6, 6.07) is 8.02. The van der Waals surface area contributed by atoms with Gasteiger partial charge in [-0.3, -0.25) is 4.79 Å². The highest BCUT2D eigenvalue weighted by atomic mass is 16.1. The van der Waals surface area contributed by atoms with Gasteiger partial charge in [-0.25, -0.2) is 4.98 Å². The number of hydrogen-bond acceptors (Lipinski definition) is 2. The third kappa shape index (κ3) is 2.05. The van der Waals surface area contributed by atoms with Crippen molar-refractivity contribution in [1.29, 1.82) is 0 Å². The van der Waals surface area contributed by atoms with Crippen molar-refractivity contribution in [2.75, 3.05) is 6.54 Å². The number of para-hydroxylation sites is 2. The van der Waals surface area contributed by atoms with Crippen LogP contribution in [0.2, 0.25) is 0 Å². The van der Waals surface area contributed by atoms with Gasteiger partial charge in [0.05, 0.1) is 11.0 Å². The maximum atomic E-state index is 10.8. The minimum absolute atomic E-state index is 0.00192. The summed E-state index contributed by atoms with van der Waals surface area (Å²) in [6.45, 7) is 4.90. The minimum Gasteiger partial charge on any atom is -0.355 e. The lowest BCUT2D eigenvalue weighted by Gasteiger charge is -2.06. The molecule has 0 aliphatic rings. The first kappa shape index (κ1) is 10.7. The van der Waals surface area contributed by atoms with E-state index < -0.39 is 0 Å². The highest BCUT2D eigenvalue weighted by Crippen LogP contribution is 2.14. The van der Waals surface area contributed by atoms with Gasteiger partial charge in [-0.05, 0) is 19.1 Å². The maximum Gasteiger partial charge on any atom is 0.216 e. The second-order valence-electron chi connectivity index (χ2n) is 3.78. The molecule has 1 N–H and O–H groups in total. The zero-order valence-corrected chi connectivity index (χ0v) is 9.53. The second kappa shape index (κ2) is 4.35. The molecule has 84 valence electrons. The normalized spacial score (nSPS) is 10.6. The van der Waals surface area contributed by atoms with Gasteiger partial charge in [0.15, 0.2) is 0 Å². The molecular weight excluding hydrogens is 202 g/mol. The summed E-state index contributed by atoms with van der Waals surface area (Å²) < 4.78 is 2.12. The first-order chi connectivity index (χ1) is 7.68. The summed E-state index contributed by atoms with van der Waals surface area (Å²) in [5.41, 5.74) is 2.12. The molecule has 2 aromatic rings. The molecule has 0 spiro atoms. The number of amides is 1. The van der Waals surface area contributed by atoms with Crippen LogP contribution in [0.4, 0.5) is 0 Å². The summed E-state index contributed by atoms with van der Waals surface area (Å²) in [5.74, 6) is 0.980. The monoisotopic (exact) mass is 217 g/mol. The maximum absolute atomic E-state index is 10.8. The molecule has 2 rings (SSSR count). The Bertz CT molecular complexity index is 516. The number of aryl methyl sites for hydroxylation is 1. The van der Waals surface area contributed by atoms with Gasteiger partial charge < -0.3 is 9.88 Å². The molecule has 1 amide bonds. The number of hydrogen-bond donors (Lipinski definition) is 1. The van der Waals surface area contributed by atoms with Crippen molar-refractivity contribution < 1.29 is 4.79 Å². The molecular formula is C12H15N3O. The van der Waals surface area contributed by atoms with E-state index in [1.54, 1.807) is 0 Å². The predicted molar refractivity (Wildman–Crippen MR) is 63.2 cm³/mol. The fraction of sp³-hybridized carbons (Fsp3) is 0.333. The topological polar surface area (TPSA) is 46.9 Å². The van der Waals surface area contributed by atoms with E-state index in [0.29, 0.717) is 6.54 Å². The van der Waals surface area contributed by atoms with Gasteiger partial charge in [-0.15, -0.1) is 0 Å². The van der Waals surface area contributed by atoms with Crippen LogP contribution in [0.25, 0.3) is 11.0 Å². The van der Waals surface area contributed by atoms with E-state index in [1.165, 1.54) is 6.92 Å². The van der Waals surface area contributed by atoms with E-state index in [-0.39, 0.29) is 5.91 Å². The van der Waals surface area contributed by atoms with Crippen molar-refractivity contribution >= 4 is 16.9 Å². The molecule has 1 aromatic carbocycles. The van der Waals surface area contributed by atoms with Crippen LogP contribution in [0.3, 0.4) is 0 Å². The number of carbonyl (C=O) groups excluding carboxylic acids is 1. The lowest BCUT2D eigenvalue weighted by atomic mass is 10.3. The Morgan fingerprint density at radius 3 is 2.94 bits per heavy atom. The van der Waals surface area contributed by atoms with Gasteiger partial charge in [0.1, 0.15) is 5.82 Å². The van der Waals surface area contributed by atoms with Gasteiger partial charge in [-0.1, -0.05) is 12.1 Å². The third-order valence-corrected chi connectivity index (χ3v) is 2.55. The average molecular weight is 217 g/mol. The summed E-state index contributed by atoms with van der Waals surface area (Å²) in [6.07, 6.45) is 0. The van der Waals surface area contributed by atoms with Crippen molar-refractivity contribution in [1.82, 2.24) is 14.9 Å². The smallest absolute Gasteiger partial charge is 0.216 e. The number of aromatic nitrogens is 2. The van der Waals surface area contributed by atoms with Crippen molar-refractivity contribution in [3.63, 3.8) is 0 Å². The highest BCUT2D eigenvalue weighted by molar-refractivity contribution is 5.76. The first-order valence-electron chi connectivity index (χ1n) is 5.35. The van der Waals surface area contributed by atoms with E-state index in [2.05, 4.69) is 14.9 Å². The number of carbonyl (C=O) groups is 1. The number of imidazole rings is 1. The van der Waals surface area contributed by atoms with Crippen LogP contribution in [0.1, 0.15) is 12.7 Å². The largest absolute Gasteiger partial charge is 0.355 e. The van der Waals surface area contributed by atoms with E-state index in [4.69, 9.17) is 0 Å². The average Bonchev–Trinajstić information content (AvgIpc) is 2.55. The minimum atomic E-state index is 0.00192. The summed E-state index contributed by atoms with van der Waals surface area (Å²) >= 11 is 0. The van der Waals surface area contributed by atoms with E-state index in [9.17, 15) is 4.79 Å². The number of rotatable bonds is 3. The molecule has 1 aromatic heterocycles. The van der Waals surface area contributed by atoms with Crippen molar-refractivity contribution in [2.24, 2.45) is 0 Å². The Labute approximate surface area is 94.3 Å². The van der Waals surface area contributed by atoms with Gasteiger partial charge in [0.25, 0.3) is 0 Å². The van der Waals surface area contributed by atoms with Crippen LogP contribution in [0.5, 0.6) is 0 Å². The molecule has 1 heterocycles. The van der Waals surface area contributed by atoms with Crippen molar-refractivity contribution in [2.45, 2.75) is 20.4 Å². The Kier molecular flexibility index (Phi) is 2.90. The lowest BCUT2D eigenvalue weighted by molar-refractivity contribution is -0.118. The van der Waals surface area contributed by atoms with Crippen LogP contribution in [-0.4, -0.2) is 22.0 Å². The molecule has 0 aliphatic carbocycles. The number of benzene rings is 1. The molecule has 16 heavy (non-hydrogen) atoms. The van der Waals surface area contributed by atoms with Gasteiger partial charge in [-0.2, -0.15) is 0 Å². The Balaban J connectivity index is 2.22. The molecule has 0 aliphatic heterocycles. The van der Waals surface area contributed by atoms with E-state index in [0.717, 1.165) is 23.4 Å². The molecule has 0 fully saturated rings. The molecule has 0 radical (unpaired) electrons. The molecule has 0 atom stereocenters. The fourth-order valence-corrected chi connectivity index (χ4v) is 1.82. The van der Waals surface area contributed by atoms with Crippen molar-refractivity contribution in [3.8, 4) is 0 Å². The Hall–Kier alpha value is -1.84. The van der Waals surface area contributed by atoms with Crippen LogP contribution < -0.4 is 5.32 Å². The molecule has 0 saturated carbocycles. The molecule has 0 unspecified atom stereocenters. The number of fused-ring (bicyclic) bond motifs is 1. The first-order valence-corrected chi connectivity index (χ1v) is 5.35.